The number of aliphatic hydroxyl groups is 1. The molecular formula is C17H37NO3. The maximum Gasteiger partial charge on any atom is 0.157 e. The standard InChI is InChI=1S/C17H37NO3/c1-5-8-13-18-16(19)12-9-10-14-20-17(11-6-2)21-15(4)7-3/h15-19H,5-14H2,1-4H3. The molecule has 4 heteroatoms. The molecule has 0 spiro atoms. The van der Waals surface area contributed by atoms with E-state index in [1.807, 2.05) is 0 Å². The van der Waals surface area contributed by atoms with Crippen molar-refractivity contribution < 1.29 is 14.6 Å². The minimum Gasteiger partial charge on any atom is -0.379 e. The molecule has 0 radical (unpaired) electrons. The summed E-state index contributed by atoms with van der Waals surface area (Å²) in [5.74, 6) is 0. The fourth-order valence-corrected chi connectivity index (χ4v) is 1.98. The van der Waals surface area contributed by atoms with Crippen molar-refractivity contribution in [3.05, 3.63) is 0 Å². The topological polar surface area (TPSA) is 50.7 Å². The predicted octanol–water partition coefficient (Wildman–Crippen LogP) is 3.82. The highest BCUT2D eigenvalue weighted by Gasteiger charge is 2.11. The number of hydrogen-bond acceptors (Lipinski definition) is 4. The Kier molecular flexibility index (Phi) is 14.7. The maximum absolute atomic E-state index is 9.74. The van der Waals surface area contributed by atoms with Gasteiger partial charge < -0.3 is 14.6 Å². The van der Waals surface area contributed by atoms with Crippen LogP contribution in [0.4, 0.5) is 0 Å². The van der Waals surface area contributed by atoms with Gasteiger partial charge in [-0.1, -0.05) is 33.6 Å². The molecule has 21 heavy (non-hydrogen) atoms. The average molecular weight is 303 g/mol. The van der Waals surface area contributed by atoms with Crippen LogP contribution < -0.4 is 5.32 Å². The smallest absolute Gasteiger partial charge is 0.157 e. The van der Waals surface area contributed by atoms with E-state index in [1.54, 1.807) is 0 Å². The second kappa shape index (κ2) is 14.8. The first-order chi connectivity index (χ1) is 10.1. The molecule has 0 aliphatic rings. The highest BCUT2D eigenvalue weighted by Crippen LogP contribution is 2.11. The lowest BCUT2D eigenvalue weighted by Gasteiger charge is -2.22. The first-order valence-electron chi connectivity index (χ1n) is 8.82. The summed E-state index contributed by atoms with van der Waals surface area (Å²) < 4.78 is 11.7. The van der Waals surface area contributed by atoms with Gasteiger partial charge in [-0.25, -0.2) is 0 Å². The molecule has 0 bridgehead atoms. The van der Waals surface area contributed by atoms with Gasteiger partial charge in [-0.05, 0) is 52.0 Å². The van der Waals surface area contributed by atoms with Crippen molar-refractivity contribution in [2.45, 2.75) is 97.7 Å². The van der Waals surface area contributed by atoms with Gasteiger partial charge in [0, 0.05) is 6.61 Å². The lowest BCUT2D eigenvalue weighted by molar-refractivity contribution is -0.171. The lowest BCUT2D eigenvalue weighted by Crippen LogP contribution is -2.29. The Labute approximate surface area is 131 Å². The Morgan fingerprint density at radius 3 is 2.38 bits per heavy atom. The third-order valence-electron chi connectivity index (χ3n) is 3.57. The molecule has 0 aliphatic heterocycles. The molecule has 128 valence electrons. The molecule has 3 unspecified atom stereocenters. The SMILES string of the molecule is CCCCNC(O)CCCCOC(CCC)OC(C)CC. The van der Waals surface area contributed by atoms with Crippen LogP contribution in [0.15, 0.2) is 0 Å². The molecule has 0 aliphatic carbocycles. The van der Waals surface area contributed by atoms with Crippen LogP contribution in [0.1, 0.15) is 79.1 Å². The molecule has 0 saturated carbocycles. The van der Waals surface area contributed by atoms with Gasteiger partial charge in [0.2, 0.25) is 0 Å². The Morgan fingerprint density at radius 1 is 1.00 bits per heavy atom. The van der Waals surface area contributed by atoms with Gasteiger partial charge in [-0.15, -0.1) is 0 Å². The predicted molar refractivity (Wildman–Crippen MR) is 88.3 cm³/mol. The molecule has 4 nitrogen and oxygen atoms in total. The van der Waals surface area contributed by atoms with E-state index >= 15 is 0 Å². The van der Waals surface area contributed by atoms with Crippen LogP contribution in [0, 0.1) is 0 Å². The van der Waals surface area contributed by atoms with E-state index < -0.39 is 0 Å². The van der Waals surface area contributed by atoms with Gasteiger partial charge in [0.15, 0.2) is 6.29 Å². The number of unbranched alkanes of at least 4 members (excludes halogenated alkanes) is 2. The van der Waals surface area contributed by atoms with Crippen molar-refractivity contribution in [3.8, 4) is 0 Å². The molecule has 0 aromatic heterocycles. The summed E-state index contributed by atoms with van der Waals surface area (Å²) in [7, 11) is 0. The monoisotopic (exact) mass is 303 g/mol. The Bertz CT molecular complexity index is 214. The summed E-state index contributed by atoms with van der Waals surface area (Å²) in [6.45, 7) is 10.1. The van der Waals surface area contributed by atoms with Crippen LogP contribution in [0.25, 0.3) is 0 Å². The van der Waals surface area contributed by atoms with E-state index in [1.165, 1.54) is 0 Å². The third-order valence-corrected chi connectivity index (χ3v) is 3.57. The summed E-state index contributed by atoms with van der Waals surface area (Å²) in [5.41, 5.74) is 0. The zero-order valence-corrected chi connectivity index (χ0v) is 14.6. The minimum atomic E-state index is -0.376. The van der Waals surface area contributed by atoms with Gasteiger partial charge >= 0.3 is 0 Å². The van der Waals surface area contributed by atoms with E-state index in [0.717, 1.165) is 57.9 Å². The largest absolute Gasteiger partial charge is 0.379 e. The molecule has 0 aromatic rings. The molecular weight excluding hydrogens is 266 g/mol. The van der Waals surface area contributed by atoms with Crippen molar-refractivity contribution in [3.63, 3.8) is 0 Å². The number of ether oxygens (including phenoxy) is 2. The average Bonchev–Trinajstić information content (AvgIpc) is 2.47. The van der Waals surface area contributed by atoms with Crippen LogP contribution in [-0.4, -0.2) is 36.9 Å². The highest BCUT2D eigenvalue weighted by atomic mass is 16.7. The van der Waals surface area contributed by atoms with Gasteiger partial charge in [0.25, 0.3) is 0 Å². The normalized spacial score (nSPS) is 15.9. The Balaban J connectivity index is 3.60. The molecule has 0 aromatic carbocycles. The van der Waals surface area contributed by atoms with Gasteiger partial charge in [-0.3, -0.25) is 5.32 Å². The molecule has 2 N–H and O–H groups in total. The van der Waals surface area contributed by atoms with Gasteiger partial charge in [-0.2, -0.15) is 0 Å². The van der Waals surface area contributed by atoms with Crippen molar-refractivity contribution >= 4 is 0 Å². The first-order valence-corrected chi connectivity index (χ1v) is 8.82. The maximum atomic E-state index is 9.74. The molecule has 3 atom stereocenters. The molecule has 0 saturated heterocycles. The fraction of sp³-hybridized carbons (Fsp3) is 1.00. The molecule has 0 rings (SSSR count). The van der Waals surface area contributed by atoms with Crippen molar-refractivity contribution in [1.82, 2.24) is 5.32 Å². The van der Waals surface area contributed by atoms with Crippen molar-refractivity contribution in [2.75, 3.05) is 13.2 Å². The third kappa shape index (κ3) is 13.2. The Morgan fingerprint density at radius 2 is 1.76 bits per heavy atom. The lowest BCUT2D eigenvalue weighted by atomic mass is 10.2. The van der Waals surface area contributed by atoms with Crippen LogP contribution in [0.2, 0.25) is 0 Å². The number of nitrogens with one attached hydrogen (secondary N) is 1. The van der Waals surface area contributed by atoms with Crippen molar-refractivity contribution in [2.24, 2.45) is 0 Å². The van der Waals surface area contributed by atoms with Crippen LogP contribution >= 0.6 is 0 Å². The van der Waals surface area contributed by atoms with Crippen LogP contribution in [0.5, 0.6) is 0 Å². The van der Waals surface area contributed by atoms with E-state index in [2.05, 4.69) is 33.0 Å². The molecule has 0 fully saturated rings. The highest BCUT2D eigenvalue weighted by molar-refractivity contribution is 4.55. The quantitative estimate of drug-likeness (QED) is 0.357. The second-order valence-electron chi connectivity index (χ2n) is 5.76. The minimum absolute atomic E-state index is 0.0717. The summed E-state index contributed by atoms with van der Waals surface area (Å²) in [4.78, 5) is 0. The van der Waals surface area contributed by atoms with E-state index in [4.69, 9.17) is 9.47 Å². The van der Waals surface area contributed by atoms with Crippen LogP contribution in [-0.2, 0) is 9.47 Å². The van der Waals surface area contributed by atoms with E-state index in [0.29, 0.717) is 6.61 Å². The zero-order chi connectivity index (χ0) is 15.9. The van der Waals surface area contributed by atoms with Crippen molar-refractivity contribution in [1.29, 1.82) is 0 Å². The van der Waals surface area contributed by atoms with Gasteiger partial charge in [0.05, 0.1) is 6.10 Å². The number of hydrogen-bond donors (Lipinski definition) is 2. The van der Waals surface area contributed by atoms with E-state index in [9.17, 15) is 5.11 Å². The first kappa shape index (κ1) is 20.8. The summed E-state index contributed by atoms with van der Waals surface area (Å²) in [6, 6.07) is 0. The zero-order valence-electron chi connectivity index (χ0n) is 14.6. The summed E-state index contributed by atoms with van der Waals surface area (Å²) >= 11 is 0. The van der Waals surface area contributed by atoms with Gasteiger partial charge in [0.1, 0.15) is 6.23 Å². The molecule has 0 heterocycles. The van der Waals surface area contributed by atoms with Crippen LogP contribution in [0.3, 0.4) is 0 Å². The summed E-state index contributed by atoms with van der Waals surface area (Å²) in [6.07, 6.45) is 7.85. The number of aliphatic hydroxyl groups excluding tert-OH is 1. The Hall–Kier alpha value is -0.160. The summed E-state index contributed by atoms with van der Waals surface area (Å²) in [5, 5.41) is 12.9. The molecule has 0 amide bonds. The number of rotatable bonds is 15. The van der Waals surface area contributed by atoms with E-state index in [-0.39, 0.29) is 18.6 Å². The second-order valence-corrected chi connectivity index (χ2v) is 5.76. The fourth-order valence-electron chi connectivity index (χ4n) is 1.98.